The van der Waals surface area contributed by atoms with Gasteiger partial charge in [0.15, 0.2) is 11.6 Å². The summed E-state index contributed by atoms with van der Waals surface area (Å²) in [6.07, 6.45) is 1.76. The highest BCUT2D eigenvalue weighted by Crippen LogP contribution is 2.31. The van der Waals surface area contributed by atoms with Crippen LogP contribution in [0.1, 0.15) is 38.3 Å². The fourth-order valence-corrected chi connectivity index (χ4v) is 1.82. The normalized spacial score (nSPS) is 11.8. The van der Waals surface area contributed by atoms with Crippen molar-refractivity contribution in [2.24, 2.45) is 5.73 Å². The molecule has 1 rings (SSSR count). The fourth-order valence-electron chi connectivity index (χ4n) is 1.55. The lowest BCUT2D eigenvalue weighted by molar-refractivity contribution is 0.321. The van der Waals surface area contributed by atoms with E-state index in [9.17, 15) is 4.39 Å². The van der Waals surface area contributed by atoms with Crippen LogP contribution in [0.3, 0.4) is 0 Å². The molecule has 0 saturated heterocycles. The van der Waals surface area contributed by atoms with Crippen LogP contribution in [-0.4, -0.2) is 6.61 Å². The van der Waals surface area contributed by atoms with E-state index in [0.717, 1.165) is 12.8 Å². The van der Waals surface area contributed by atoms with E-state index < -0.39 is 5.82 Å². The molecule has 1 atom stereocenters. The van der Waals surface area contributed by atoms with Crippen molar-refractivity contribution in [3.05, 3.63) is 28.5 Å². The van der Waals surface area contributed by atoms with Gasteiger partial charge in [-0.05, 0) is 31.0 Å². The third kappa shape index (κ3) is 4.34. The van der Waals surface area contributed by atoms with Gasteiger partial charge in [-0.2, -0.15) is 0 Å². The third-order valence-corrected chi connectivity index (χ3v) is 2.62. The first-order valence-corrected chi connectivity index (χ1v) is 5.85. The van der Waals surface area contributed by atoms with E-state index in [0.29, 0.717) is 12.2 Å². The van der Waals surface area contributed by atoms with Crippen LogP contribution in [-0.2, 0) is 0 Å². The molecular formula is C12H18Cl2FNO. The molecule has 0 aliphatic rings. The Kier molecular flexibility index (Phi) is 7.51. The summed E-state index contributed by atoms with van der Waals surface area (Å²) in [7, 11) is 0. The third-order valence-electron chi connectivity index (χ3n) is 2.34. The number of benzene rings is 1. The van der Waals surface area contributed by atoms with Gasteiger partial charge in [0.1, 0.15) is 0 Å². The van der Waals surface area contributed by atoms with Crippen LogP contribution in [0.5, 0.6) is 5.75 Å². The molecule has 1 aromatic carbocycles. The van der Waals surface area contributed by atoms with Crippen molar-refractivity contribution < 1.29 is 9.13 Å². The van der Waals surface area contributed by atoms with E-state index in [1.165, 1.54) is 6.07 Å². The van der Waals surface area contributed by atoms with Crippen LogP contribution in [0, 0.1) is 5.82 Å². The van der Waals surface area contributed by atoms with E-state index in [1.807, 2.05) is 6.92 Å². The zero-order valence-corrected chi connectivity index (χ0v) is 11.6. The molecule has 17 heavy (non-hydrogen) atoms. The van der Waals surface area contributed by atoms with E-state index in [2.05, 4.69) is 0 Å². The molecule has 98 valence electrons. The average Bonchev–Trinajstić information content (AvgIpc) is 2.23. The SMILES string of the molecule is CCC[C@H](N)c1cc(F)c(OCC)c(Cl)c1.Cl. The molecular weight excluding hydrogens is 264 g/mol. The van der Waals surface area contributed by atoms with Gasteiger partial charge in [-0.15, -0.1) is 12.4 Å². The zero-order chi connectivity index (χ0) is 12.1. The molecule has 5 heteroatoms. The molecule has 2 N–H and O–H groups in total. The van der Waals surface area contributed by atoms with Gasteiger partial charge in [0.25, 0.3) is 0 Å². The summed E-state index contributed by atoms with van der Waals surface area (Å²) in [6.45, 7) is 4.20. The minimum absolute atomic E-state index is 0. The second kappa shape index (κ2) is 7.75. The van der Waals surface area contributed by atoms with E-state index in [1.54, 1.807) is 13.0 Å². The standard InChI is InChI=1S/C12H17ClFNO.ClH/c1-3-5-11(15)8-6-9(13)12(16-4-2)10(14)7-8;/h6-7,11H,3-5,15H2,1-2H3;1H/t11-;/m0./s1. The predicted molar refractivity (Wildman–Crippen MR) is 71.7 cm³/mol. The Morgan fingerprint density at radius 2 is 2.06 bits per heavy atom. The summed E-state index contributed by atoms with van der Waals surface area (Å²) in [5, 5.41) is 0.281. The number of ether oxygens (including phenoxy) is 1. The van der Waals surface area contributed by atoms with Crippen molar-refractivity contribution in [3.63, 3.8) is 0 Å². The van der Waals surface area contributed by atoms with Gasteiger partial charge in [-0.25, -0.2) is 4.39 Å². The van der Waals surface area contributed by atoms with E-state index in [-0.39, 0.29) is 29.2 Å². The molecule has 1 aromatic rings. The molecule has 2 nitrogen and oxygen atoms in total. The summed E-state index contributed by atoms with van der Waals surface area (Å²) >= 11 is 5.94. The summed E-state index contributed by atoms with van der Waals surface area (Å²) in [5.41, 5.74) is 6.62. The van der Waals surface area contributed by atoms with E-state index >= 15 is 0 Å². The zero-order valence-electron chi connectivity index (χ0n) is 10.0. The van der Waals surface area contributed by atoms with Crippen molar-refractivity contribution >= 4 is 24.0 Å². The number of hydrogen-bond donors (Lipinski definition) is 1. The average molecular weight is 282 g/mol. The summed E-state index contributed by atoms with van der Waals surface area (Å²) < 4.78 is 18.7. The van der Waals surface area contributed by atoms with Crippen LogP contribution in [0.25, 0.3) is 0 Å². The van der Waals surface area contributed by atoms with Crippen LogP contribution >= 0.6 is 24.0 Å². The monoisotopic (exact) mass is 281 g/mol. The largest absolute Gasteiger partial charge is 0.489 e. The van der Waals surface area contributed by atoms with Gasteiger partial charge in [0.05, 0.1) is 11.6 Å². The Balaban J connectivity index is 0.00000256. The predicted octanol–water partition coefficient (Wildman–Crippen LogP) is 4.10. The first-order chi connectivity index (χ1) is 7.60. The molecule has 0 aromatic heterocycles. The van der Waals surface area contributed by atoms with Gasteiger partial charge in [0.2, 0.25) is 0 Å². The number of hydrogen-bond acceptors (Lipinski definition) is 2. The Morgan fingerprint density at radius 3 is 2.53 bits per heavy atom. The lowest BCUT2D eigenvalue weighted by Crippen LogP contribution is -2.10. The van der Waals surface area contributed by atoms with Crippen molar-refractivity contribution in [1.82, 2.24) is 0 Å². The van der Waals surface area contributed by atoms with Crippen LogP contribution in [0.15, 0.2) is 12.1 Å². The highest BCUT2D eigenvalue weighted by molar-refractivity contribution is 6.32. The quantitative estimate of drug-likeness (QED) is 0.882. The smallest absolute Gasteiger partial charge is 0.173 e. The van der Waals surface area contributed by atoms with Crippen molar-refractivity contribution in [2.45, 2.75) is 32.7 Å². The second-order valence-corrected chi connectivity index (χ2v) is 4.05. The Morgan fingerprint density at radius 1 is 1.41 bits per heavy atom. The minimum Gasteiger partial charge on any atom is -0.489 e. The van der Waals surface area contributed by atoms with Gasteiger partial charge in [-0.1, -0.05) is 24.9 Å². The topological polar surface area (TPSA) is 35.2 Å². The van der Waals surface area contributed by atoms with Gasteiger partial charge in [-0.3, -0.25) is 0 Å². The molecule has 0 aliphatic carbocycles. The maximum absolute atomic E-state index is 13.6. The van der Waals surface area contributed by atoms with E-state index in [4.69, 9.17) is 22.1 Å². The highest BCUT2D eigenvalue weighted by atomic mass is 35.5. The first-order valence-electron chi connectivity index (χ1n) is 5.47. The Bertz CT molecular complexity index is 337. The maximum atomic E-state index is 13.6. The minimum atomic E-state index is -0.448. The summed E-state index contributed by atoms with van der Waals surface area (Å²) in [4.78, 5) is 0. The molecule has 0 heterocycles. The lowest BCUT2D eigenvalue weighted by atomic mass is 10.0. The number of halogens is 3. The molecule has 0 aliphatic heterocycles. The molecule has 0 bridgehead atoms. The van der Waals surface area contributed by atoms with Crippen LogP contribution in [0.2, 0.25) is 5.02 Å². The second-order valence-electron chi connectivity index (χ2n) is 3.64. The first kappa shape index (κ1) is 16.5. The Labute approximate surface area is 113 Å². The molecule has 0 spiro atoms. The van der Waals surface area contributed by atoms with Gasteiger partial charge < -0.3 is 10.5 Å². The molecule has 0 amide bonds. The summed E-state index contributed by atoms with van der Waals surface area (Å²) in [5.74, 6) is -0.340. The molecule has 0 radical (unpaired) electrons. The number of rotatable bonds is 5. The molecule has 0 fully saturated rings. The maximum Gasteiger partial charge on any atom is 0.173 e. The van der Waals surface area contributed by atoms with Crippen molar-refractivity contribution in [3.8, 4) is 5.75 Å². The molecule has 0 saturated carbocycles. The van der Waals surface area contributed by atoms with Crippen LogP contribution in [0.4, 0.5) is 4.39 Å². The van der Waals surface area contributed by atoms with Gasteiger partial charge >= 0.3 is 0 Å². The highest BCUT2D eigenvalue weighted by Gasteiger charge is 2.14. The van der Waals surface area contributed by atoms with Crippen molar-refractivity contribution in [2.75, 3.05) is 6.61 Å². The van der Waals surface area contributed by atoms with Gasteiger partial charge in [0, 0.05) is 6.04 Å². The Hall–Kier alpha value is -0.510. The fraction of sp³-hybridized carbons (Fsp3) is 0.500. The van der Waals surface area contributed by atoms with Crippen molar-refractivity contribution in [1.29, 1.82) is 0 Å². The molecule has 0 unspecified atom stereocenters. The van der Waals surface area contributed by atoms with Crippen LogP contribution < -0.4 is 10.5 Å². The lowest BCUT2D eigenvalue weighted by Gasteiger charge is -2.14. The number of nitrogens with two attached hydrogens (primary N) is 1. The summed E-state index contributed by atoms with van der Waals surface area (Å²) in [6, 6.07) is 2.90.